The molecule has 1 aromatic heterocycles. The molecule has 15 heavy (non-hydrogen) atoms. The highest BCUT2D eigenvalue weighted by molar-refractivity contribution is 6.16. The van der Waals surface area contributed by atoms with E-state index in [4.69, 9.17) is 11.6 Å². The number of fused-ring (bicyclic) bond motifs is 1. The lowest BCUT2D eigenvalue weighted by atomic mass is 10.0. The number of aromatic nitrogens is 2. The molecule has 2 nitrogen and oxygen atoms in total. The fourth-order valence-electron chi connectivity index (χ4n) is 1.75. The van der Waals surface area contributed by atoms with Gasteiger partial charge < -0.3 is 4.57 Å². The van der Waals surface area contributed by atoms with Gasteiger partial charge in [-0.15, -0.1) is 11.6 Å². The molecule has 0 atom stereocenters. The molecule has 80 valence electrons. The third-order valence-corrected chi connectivity index (χ3v) is 3.02. The van der Waals surface area contributed by atoms with Gasteiger partial charge in [0.25, 0.3) is 0 Å². The highest BCUT2D eigenvalue weighted by Crippen LogP contribution is 2.21. The van der Waals surface area contributed by atoms with E-state index in [1.54, 1.807) is 0 Å². The first kappa shape index (κ1) is 10.5. The summed E-state index contributed by atoms with van der Waals surface area (Å²) in [5.41, 5.74) is 3.51. The zero-order valence-electron chi connectivity index (χ0n) is 9.29. The van der Waals surface area contributed by atoms with Crippen molar-refractivity contribution < 1.29 is 0 Å². The summed E-state index contributed by atoms with van der Waals surface area (Å²) in [4.78, 5) is 4.50. The van der Waals surface area contributed by atoms with Gasteiger partial charge in [-0.05, 0) is 23.6 Å². The van der Waals surface area contributed by atoms with Crippen molar-refractivity contribution in [2.75, 3.05) is 0 Å². The molecule has 0 fully saturated rings. The highest BCUT2D eigenvalue weighted by Gasteiger charge is 2.08. The van der Waals surface area contributed by atoms with Crippen LogP contribution in [0.1, 0.15) is 31.2 Å². The van der Waals surface area contributed by atoms with Gasteiger partial charge in [0.05, 0.1) is 16.9 Å². The van der Waals surface area contributed by atoms with Gasteiger partial charge in [0.2, 0.25) is 0 Å². The van der Waals surface area contributed by atoms with Crippen LogP contribution in [0.3, 0.4) is 0 Å². The molecule has 1 aromatic carbocycles. The third-order valence-electron chi connectivity index (χ3n) is 2.78. The van der Waals surface area contributed by atoms with Gasteiger partial charge >= 0.3 is 0 Å². The number of alkyl halides is 1. The van der Waals surface area contributed by atoms with Crippen molar-refractivity contribution in [3.8, 4) is 0 Å². The van der Waals surface area contributed by atoms with E-state index in [0.29, 0.717) is 11.8 Å². The zero-order valence-corrected chi connectivity index (χ0v) is 10.0. The fourth-order valence-corrected chi connectivity index (χ4v) is 1.98. The van der Waals surface area contributed by atoms with Crippen molar-refractivity contribution in [1.82, 2.24) is 9.55 Å². The van der Waals surface area contributed by atoms with Crippen LogP contribution in [0.4, 0.5) is 0 Å². The van der Waals surface area contributed by atoms with Gasteiger partial charge in [-0.2, -0.15) is 0 Å². The number of hydrogen-bond donors (Lipinski definition) is 0. The first-order valence-electron chi connectivity index (χ1n) is 5.14. The van der Waals surface area contributed by atoms with Crippen molar-refractivity contribution >= 4 is 22.6 Å². The predicted octanol–water partition coefficient (Wildman–Crippen LogP) is 3.44. The third kappa shape index (κ3) is 1.74. The van der Waals surface area contributed by atoms with Crippen LogP contribution < -0.4 is 0 Å². The van der Waals surface area contributed by atoms with E-state index in [1.165, 1.54) is 5.56 Å². The van der Waals surface area contributed by atoms with Crippen molar-refractivity contribution in [1.29, 1.82) is 0 Å². The van der Waals surface area contributed by atoms with E-state index in [2.05, 4.69) is 37.0 Å². The van der Waals surface area contributed by atoms with E-state index in [9.17, 15) is 0 Å². The van der Waals surface area contributed by atoms with Crippen LogP contribution >= 0.6 is 11.6 Å². The SMILES string of the molecule is CC(C)c1ccc2c(c1)nc(CCl)n2C. The minimum atomic E-state index is 0.461. The predicted molar refractivity (Wildman–Crippen MR) is 64.4 cm³/mol. The maximum absolute atomic E-state index is 5.82. The molecule has 0 amide bonds. The second-order valence-corrected chi connectivity index (χ2v) is 4.39. The Kier molecular flexibility index (Phi) is 2.70. The van der Waals surface area contributed by atoms with Crippen LogP contribution in [0.25, 0.3) is 11.0 Å². The summed E-state index contributed by atoms with van der Waals surface area (Å²) in [6, 6.07) is 6.43. The summed E-state index contributed by atoms with van der Waals surface area (Å²) in [6.07, 6.45) is 0. The monoisotopic (exact) mass is 222 g/mol. The average molecular weight is 223 g/mol. The van der Waals surface area contributed by atoms with Gasteiger partial charge in [-0.3, -0.25) is 0 Å². The largest absolute Gasteiger partial charge is 0.330 e. The second kappa shape index (κ2) is 3.86. The van der Waals surface area contributed by atoms with Crippen LogP contribution in [0.2, 0.25) is 0 Å². The molecule has 0 aliphatic rings. The normalized spacial score (nSPS) is 11.5. The molecule has 0 N–H and O–H groups in total. The molecule has 3 heteroatoms. The zero-order chi connectivity index (χ0) is 11.0. The van der Waals surface area contributed by atoms with Crippen LogP contribution in [0.15, 0.2) is 18.2 Å². The number of hydrogen-bond acceptors (Lipinski definition) is 1. The smallest absolute Gasteiger partial charge is 0.124 e. The molecule has 0 saturated carbocycles. The first-order valence-corrected chi connectivity index (χ1v) is 5.68. The average Bonchev–Trinajstić information content (AvgIpc) is 2.55. The van der Waals surface area contributed by atoms with E-state index in [1.807, 2.05) is 11.6 Å². The molecule has 0 aliphatic carbocycles. The summed E-state index contributed by atoms with van der Waals surface area (Å²) in [5, 5.41) is 0. The number of halogens is 1. The molecule has 2 rings (SSSR count). The van der Waals surface area contributed by atoms with E-state index in [0.717, 1.165) is 16.9 Å². The second-order valence-electron chi connectivity index (χ2n) is 4.12. The quantitative estimate of drug-likeness (QED) is 0.712. The molecule has 0 spiro atoms. The Morgan fingerprint density at radius 3 is 2.73 bits per heavy atom. The van der Waals surface area contributed by atoms with E-state index < -0.39 is 0 Å². The molecule has 0 saturated heterocycles. The summed E-state index contributed by atoms with van der Waals surface area (Å²) < 4.78 is 2.05. The molecule has 2 aromatic rings. The number of imidazole rings is 1. The molecule has 0 radical (unpaired) electrons. The standard InChI is InChI=1S/C12H15ClN2/c1-8(2)9-4-5-11-10(6-9)14-12(7-13)15(11)3/h4-6,8H,7H2,1-3H3. The number of rotatable bonds is 2. The minimum absolute atomic E-state index is 0.461. The number of aryl methyl sites for hydroxylation is 1. The van der Waals surface area contributed by atoms with E-state index in [-0.39, 0.29) is 0 Å². The van der Waals surface area contributed by atoms with Crippen LogP contribution in [0.5, 0.6) is 0 Å². The summed E-state index contributed by atoms with van der Waals surface area (Å²) >= 11 is 5.82. The van der Waals surface area contributed by atoms with Gasteiger partial charge in [0.1, 0.15) is 5.82 Å². The maximum Gasteiger partial charge on any atom is 0.124 e. The van der Waals surface area contributed by atoms with Gasteiger partial charge in [0, 0.05) is 7.05 Å². The first-order chi connectivity index (χ1) is 7.13. The molecular weight excluding hydrogens is 208 g/mol. The molecule has 0 aliphatic heterocycles. The Labute approximate surface area is 94.9 Å². The van der Waals surface area contributed by atoms with Crippen molar-refractivity contribution in [2.24, 2.45) is 7.05 Å². The maximum atomic E-state index is 5.82. The summed E-state index contributed by atoms with van der Waals surface area (Å²) in [7, 11) is 2.00. The van der Waals surface area contributed by atoms with Crippen molar-refractivity contribution in [3.63, 3.8) is 0 Å². The Hall–Kier alpha value is -1.02. The van der Waals surface area contributed by atoms with Crippen LogP contribution in [-0.4, -0.2) is 9.55 Å². The van der Waals surface area contributed by atoms with Gasteiger partial charge in [0.15, 0.2) is 0 Å². The number of benzene rings is 1. The molecule has 0 unspecified atom stereocenters. The highest BCUT2D eigenvalue weighted by atomic mass is 35.5. The molecule has 0 bridgehead atoms. The Morgan fingerprint density at radius 1 is 1.40 bits per heavy atom. The van der Waals surface area contributed by atoms with Gasteiger partial charge in [-0.1, -0.05) is 19.9 Å². The molecular formula is C12H15ClN2. The van der Waals surface area contributed by atoms with Crippen LogP contribution in [0, 0.1) is 0 Å². The fraction of sp³-hybridized carbons (Fsp3) is 0.417. The Morgan fingerprint density at radius 2 is 2.13 bits per heavy atom. The Balaban J connectivity index is 2.63. The topological polar surface area (TPSA) is 17.8 Å². The molecule has 1 heterocycles. The summed E-state index contributed by atoms with van der Waals surface area (Å²) in [5.74, 6) is 1.92. The lowest BCUT2D eigenvalue weighted by Crippen LogP contribution is -1.93. The van der Waals surface area contributed by atoms with Crippen molar-refractivity contribution in [3.05, 3.63) is 29.6 Å². The lowest BCUT2D eigenvalue weighted by Gasteiger charge is -2.04. The lowest BCUT2D eigenvalue weighted by molar-refractivity contribution is 0.866. The summed E-state index contributed by atoms with van der Waals surface area (Å²) in [6.45, 7) is 4.37. The minimum Gasteiger partial charge on any atom is -0.330 e. The van der Waals surface area contributed by atoms with Crippen LogP contribution in [-0.2, 0) is 12.9 Å². The number of nitrogens with zero attached hydrogens (tertiary/aromatic N) is 2. The Bertz CT molecular complexity index is 486. The van der Waals surface area contributed by atoms with Gasteiger partial charge in [-0.25, -0.2) is 4.98 Å². The van der Waals surface area contributed by atoms with Crippen molar-refractivity contribution in [2.45, 2.75) is 25.6 Å². The van der Waals surface area contributed by atoms with E-state index >= 15 is 0 Å².